The van der Waals surface area contributed by atoms with Crippen LogP contribution in [0.2, 0.25) is 0 Å². The molecule has 0 amide bonds. The second kappa shape index (κ2) is 5.32. The van der Waals surface area contributed by atoms with Gasteiger partial charge >= 0.3 is 0 Å². The maximum Gasteiger partial charge on any atom is 0.208 e. The van der Waals surface area contributed by atoms with Crippen LogP contribution in [0.4, 0.5) is 0 Å². The minimum absolute atomic E-state index is 0.284. The van der Waals surface area contributed by atoms with E-state index in [9.17, 15) is 8.42 Å². The lowest BCUT2D eigenvalue weighted by Crippen LogP contribution is -2.27. The van der Waals surface area contributed by atoms with Gasteiger partial charge in [-0.1, -0.05) is 18.2 Å². The molecule has 16 heavy (non-hydrogen) atoms. The van der Waals surface area contributed by atoms with Crippen LogP contribution >= 0.6 is 0 Å². The van der Waals surface area contributed by atoms with E-state index >= 15 is 0 Å². The summed E-state index contributed by atoms with van der Waals surface area (Å²) in [7, 11) is -3.13. The molecule has 0 fully saturated rings. The van der Waals surface area contributed by atoms with Gasteiger partial charge in [0.25, 0.3) is 0 Å². The molecular weight excluding hydrogens is 226 g/mol. The number of ether oxygens (including phenoxy) is 1. The summed E-state index contributed by atoms with van der Waals surface area (Å²) in [5, 5.41) is 0. The van der Waals surface area contributed by atoms with Crippen LogP contribution in [-0.4, -0.2) is 27.8 Å². The second-order valence-electron chi connectivity index (χ2n) is 3.74. The van der Waals surface area contributed by atoms with Gasteiger partial charge in [-0.15, -0.1) is 0 Å². The molecule has 1 aromatic carbocycles. The Morgan fingerprint density at radius 1 is 1.25 bits per heavy atom. The van der Waals surface area contributed by atoms with Crippen LogP contribution in [0.25, 0.3) is 0 Å². The molecular formula is C11H17NO3S. The molecule has 0 radical (unpaired) electrons. The zero-order valence-corrected chi connectivity index (χ0v) is 10.6. The summed E-state index contributed by atoms with van der Waals surface area (Å²) in [6.07, 6.45) is 1.13. The van der Waals surface area contributed by atoms with Gasteiger partial charge in [-0.3, -0.25) is 0 Å². The summed E-state index contributed by atoms with van der Waals surface area (Å²) in [5.41, 5.74) is 2.11. The lowest BCUT2D eigenvalue weighted by atomic mass is 10.1. The number of hydrogen-bond donors (Lipinski definition) is 1. The molecule has 0 atom stereocenters. The van der Waals surface area contributed by atoms with Crippen molar-refractivity contribution in [3.05, 3.63) is 29.3 Å². The van der Waals surface area contributed by atoms with Crippen LogP contribution in [-0.2, 0) is 10.0 Å². The van der Waals surface area contributed by atoms with Gasteiger partial charge in [0.2, 0.25) is 10.0 Å². The normalized spacial score (nSPS) is 11.4. The van der Waals surface area contributed by atoms with Gasteiger partial charge in [-0.2, -0.15) is 0 Å². The Hall–Kier alpha value is -1.07. The topological polar surface area (TPSA) is 55.4 Å². The first kappa shape index (κ1) is 13.0. The molecule has 0 aliphatic rings. The fraction of sp³-hybridized carbons (Fsp3) is 0.455. The van der Waals surface area contributed by atoms with Crippen LogP contribution in [0, 0.1) is 13.8 Å². The largest absolute Gasteiger partial charge is 0.492 e. The lowest BCUT2D eigenvalue weighted by molar-refractivity contribution is 0.318. The molecule has 0 saturated heterocycles. The standard InChI is InChI=1S/C11H17NO3S/c1-9-5-4-6-10(2)11(9)15-8-7-12-16(3,13)14/h4-6,12H,7-8H2,1-3H3. The SMILES string of the molecule is Cc1cccc(C)c1OCCNS(C)(=O)=O. The summed E-state index contributed by atoms with van der Waals surface area (Å²) >= 11 is 0. The Morgan fingerprint density at radius 2 is 1.81 bits per heavy atom. The number of para-hydroxylation sites is 1. The molecule has 0 aliphatic heterocycles. The molecule has 5 heteroatoms. The summed E-state index contributed by atoms with van der Waals surface area (Å²) in [6.45, 7) is 4.55. The van der Waals surface area contributed by atoms with E-state index in [2.05, 4.69) is 4.72 Å². The quantitative estimate of drug-likeness (QED) is 0.791. The summed E-state index contributed by atoms with van der Waals surface area (Å²) < 4.78 is 29.5. The zero-order valence-electron chi connectivity index (χ0n) is 9.78. The summed E-state index contributed by atoms with van der Waals surface area (Å²) in [6, 6.07) is 5.89. The van der Waals surface area contributed by atoms with Crippen molar-refractivity contribution in [3.63, 3.8) is 0 Å². The Kier molecular flexibility index (Phi) is 4.32. The Labute approximate surface area is 96.7 Å². The number of benzene rings is 1. The molecule has 0 aromatic heterocycles. The number of aryl methyl sites for hydroxylation is 2. The highest BCUT2D eigenvalue weighted by atomic mass is 32.2. The van der Waals surface area contributed by atoms with Crippen molar-refractivity contribution in [3.8, 4) is 5.75 Å². The van der Waals surface area contributed by atoms with Crippen LogP contribution < -0.4 is 9.46 Å². The maximum atomic E-state index is 10.8. The maximum absolute atomic E-state index is 10.8. The van der Waals surface area contributed by atoms with Crippen LogP contribution in [0.15, 0.2) is 18.2 Å². The molecule has 0 heterocycles. The van der Waals surface area contributed by atoms with E-state index in [1.54, 1.807) is 0 Å². The Balaban J connectivity index is 2.49. The van der Waals surface area contributed by atoms with Crippen molar-refractivity contribution in [2.75, 3.05) is 19.4 Å². The van der Waals surface area contributed by atoms with E-state index in [4.69, 9.17) is 4.74 Å². The molecule has 0 spiro atoms. The highest BCUT2D eigenvalue weighted by molar-refractivity contribution is 7.88. The molecule has 0 saturated carbocycles. The average molecular weight is 243 g/mol. The van der Waals surface area contributed by atoms with Crippen molar-refractivity contribution < 1.29 is 13.2 Å². The molecule has 4 nitrogen and oxygen atoms in total. The van der Waals surface area contributed by atoms with Crippen LogP contribution in [0.1, 0.15) is 11.1 Å². The van der Waals surface area contributed by atoms with Crippen molar-refractivity contribution >= 4 is 10.0 Å². The fourth-order valence-corrected chi connectivity index (χ4v) is 1.86. The zero-order chi connectivity index (χ0) is 12.2. The Morgan fingerprint density at radius 3 is 2.31 bits per heavy atom. The molecule has 1 N–H and O–H groups in total. The minimum atomic E-state index is -3.13. The van der Waals surface area contributed by atoms with Gasteiger partial charge in [-0.05, 0) is 25.0 Å². The predicted molar refractivity (Wildman–Crippen MR) is 64.3 cm³/mol. The van der Waals surface area contributed by atoms with Gasteiger partial charge < -0.3 is 4.74 Å². The van der Waals surface area contributed by atoms with E-state index in [1.165, 1.54) is 0 Å². The van der Waals surface area contributed by atoms with Crippen molar-refractivity contribution in [1.29, 1.82) is 0 Å². The number of hydrogen-bond acceptors (Lipinski definition) is 3. The van der Waals surface area contributed by atoms with Crippen LogP contribution in [0.5, 0.6) is 5.75 Å². The van der Waals surface area contributed by atoms with E-state index in [1.807, 2.05) is 32.0 Å². The van der Waals surface area contributed by atoms with E-state index in [-0.39, 0.29) is 6.54 Å². The van der Waals surface area contributed by atoms with Gasteiger partial charge in [0.1, 0.15) is 12.4 Å². The van der Waals surface area contributed by atoms with Crippen molar-refractivity contribution in [1.82, 2.24) is 4.72 Å². The predicted octanol–water partition coefficient (Wildman–Crippen LogP) is 1.23. The van der Waals surface area contributed by atoms with Gasteiger partial charge in [0.05, 0.1) is 6.26 Å². The molecule has 1 aromatic rings. The van der Waals surface area contributed by atoms with E-state index < -0.39 is 10.0 Å². The first-order valence-electron chi connectivity index (χ1n) is 5.04. The van der Waals surface area contributed by atoms with Crippen molar-refractivity contribution in [2.24, 2.45) is 0 Å². The molecule has 1 rings (SSSR count). The smallest absolute Gasteiger partial charge is 0.208 e. The average Bonchev–Trinajstić information content (AvgIpc) is 2.14. The number of nitrogens with one attached hydrogen (secondary N) is 1. The summed E-state index contributed by atoms with van der Waals surface area (Å²) in [5.74, 6) is 0.831. The highest BCUT2D eigenvalue weighted by Gasteiger charge is 2.04. The molecule has 0 aliphatic carbocycles. The lowest BCUT2D eigenvalue weighted by Gasteiger charge is -2.11. The van der Waals surface area contributed by atoms with E-state index in [0.29, 0.717) is 6.61 Å². The number of sulfonamides is 1. The second-order valence-corrected chi connectivity index (χ2v) is 5.57. The Bertz CT molecular complexity index is 434. The third-order valence-electron chi connectivity index (χ3n) is 2.12. The molecule has 0 unspecified atom stereocenters. The van der Waals surface area contributed by atoms with Crippen LogP contribution in [0.3, 0.4) is 0 Å². The third kappa shape index (κ3) is 4.20. The molecule has 90 valence electrons. The monoisotopic (exact) mass is 243 g/mol. The fourth-order valence-electron chi connectivity index (χ4n) is 1.41. The summed E-state index contributed by atoms with van der Waals surface area (Å²) in [4.78, 5) is 0. The highest BCUT2D eigenvalue weighted by Crippen LogP contribution is 2.21. The molecule has 0 bridgehead atoms. The minimum Gasteiger partial charge on any atom is -0.492 e. The van der Waals surface area contributed by atoms with Gasteiger partial charge in [0.15, 0.2) is 0 Å². The first-order valence-corrected chi connectivity index (χ1v) is 6.93. The third-order valence-corrected chi connectivity index (χ3v) is 2.85. The van der Waals surface area contributed by atoms with E-state index in [0.717, 1.165) is 23.1 Å². The first-order chi connectivity index (χ1) is 7.40. The number of rotatable bonds is 5. The van der Waals surface area contributed by atoms with Gasteiger partial charge in [0, 0.05) is 6.54 Å². The van der Waals surface area contributed by atoms with Gasteiger partial charge in [-0.25, -0.2) is 13.1 Å². The van der Waals surface area contributed by atoms with Crippen molar-refractivity contribution in [2.45, 2.75) is 13.8 Å².